The quantitative estimate of drug-likeness (QED) is 0.728. The van der Waals surface area contributed by atoms with Crippen molar-refractivity contribution >= 4 is 29.2 Å². The van der Waals surface area contributed by atoms with Crippen LogP contribution in [0.2, 0.25) is 5.15 Å². The molecule has 0 saturated heterocycles. The Bertz CT molecular complexity index is 479. The van der Waals surface area contributed by atoms with Crippen LogP contribution in [0, 0.1) is 0 Å². The van der Waals surface area contributed by atoms with Crippen LogP contribution in [-0.4, -0.2) is 29.0 Å². The highest BCUT2D eigenvalue weighted by Gasteiger charge is 2.13. The van der Waals surface area contributed by atoms with Gasteiger partial charge in [-0.15, -0.1) is 0 Å². The third kappa shape index (κ3) is 5.88. The Hall–Kier alpha value is -1.82. The van der Waals surface area contributed by atoms with Gasteiger partial charge in [0, 0.05) is 24.7 Å². The number of urea groups is 1. The van der Waals surface area contributed by atoms with Crippen LogP contribution in [0.15, 0.2) is 18.3 Å². The maximum absolute atomic E-state index is 11.7. The van der Waals surface area contributed by atoms with E-state index in [-0.39, 0.29) is 29.6 Å². The van der Waals surface area contributed by atoms with Gasteiger partial charge < -0.3 is 16.0 Å². The molecule has 110 valence electrons. The van der Waals surface area contributed by atoms with Crippen molar-refractivity contribution in [2.75, 3.05) is 5.32 Å². The van der Waals surface area contributed by atoms with E-state index in [2.05, 4.69) is 20.9 Å². The first kappa shape index (κ1) is 16.2. The number of rotatable bonds is 5. The monoisotopic (exact) mass is 298 g/mol. The van der Waals surface area contributed by atoms with Crippen LogP contribution in [0.5, 0.6) is 0 Å². The molecule has 1 atom stereocenters. The summed E-state index contributed by atoms with van der Waals surface area (Å²) in [5.41, 5.74) is 0.422. The lowest BCUT2D eigenvalue weighted by Gasteiger charge is -2.15. The zero-order valence-corrected chi connectivity index (χ0v) is 12.5. The summed E-state index contributed by atoms with van der Waals surface area (Å²) < 4.78 is 0. The molecule has 0 fully saturated rings. The predicted octanol–water partition coefficient (Wildman–Crippen LogP) is 2.16. The van der Waals surface area contributed by atoms with Crippen LogP contribution >= 0.6 is 11.6 Å². The summed E-state index contributed by atoms with van der Waals surface area (Å²) in [4.78, 5) is 27.1. The first-order valence-electron chi connectivity index (χ1n) is 6.36. The number of amides is 3. The van der Waals surface area contributed by atoms with E-state index in [1.165, 1.54) is 6.20 Å². The van der Waals surface area contributed by atoms with Gasteiger partial charge in [-0.2, -0.15) is 0 Å². The average Bonchev–Trinajstić information content (AvgIpc) is 2.30. The molecular formula is C13H19ClN4O2. The van der Waals surface area contributed by atoms with E-state index in [4.69, 9.17) is 11.6 Å². The van der Waals surface area contributed by atoms with Crippen molar-refractivity contribution < 1.29 is 9.59 Å². The van der Waals surface area contributed by atoms with Gasteiger partial charge in [-0.25, -0.2) is 9.78 Å². The summed E-state index contributed by atoms with van der Waals surface area (Å²) in [5, 5.41) is 8.22. The lowest BCUT2D eigenvalue weighted by molar-refractivity contribution is -0.121. The average molecular weight is 299 g/mol. The zero-order chi connectivity index (χ0) is 15.1. The van der Waals surface area contributed by atoms with Crippen molar-refractivity contribution in [3.8, 4) is 0 Å². The molecule has 0 saturated carbocycles. The highest BCUT2D eigenvalue weighted by atomic mass is 35.5. The first-order chi connectivity index (χ1) is 9.38. The lowest BCUT2D eigenvalue weighted by Crippen LogP contribution is -2.40. The number of nitrogens with zero attached hydrogens (tertiary/aromatic N) is 1. The van der Waals surface area contributed by atoms with Crippen molar-refractivity contribution in [3.63, 3.8) is 0 Å². The number of pyridine rings is 1. The van der Waals surface area contributed by atoms with Crippen LogP contribution in [0.4, 0.5) is 10.5 Å². The normalized spacial score (nSPS) is 11.8. The van der Waals surface area contributed by atoms with E-state index in [0.29, 0.717) is 5.69 Å². The molecule has 0 aliphatic carbocycles. The molecule has 0 bridgehead atoms. The van der Waals surface area contributed by atoms with Crippen molar-refractivity contribution in [1.29, 1.82) is 0 Å². The minimum atomic E-state index is -0.426. The molecule has 7 heteroatoms. The smallest absolute Gasteiger partial charge is 0.319 e. The number of aromatic nitrogens is 1. The SMILES string of the molecule is CC(C)NC(=O)C[C@@H](C)NC(=O)Nc1cccnc1Cl. The summed E-state index contributed by atoms with van der Waals surface area (Å²) in [6.45, 7) is 5.52. The summed E-state index contributed by atoms with van der Waals surface area (Å²) in [7, 11) is 0. The summed E-state index contributed by atoms with van der Waals surface area (Å²) in [6.07, 6.45) is 1.75. The second kappa shape index (κ2) is 7.69. The van der Waals surface area contributed by atoms with E-state index in [0.717, 1.165) is 0 Å². The Morgan fingerprint density at radius 3 is 2.60 bits per heavy atom. The fraction of sp³-hybridized carbons (Fsp3) is 0.462. The number of carbonyl (C=O) groups is 2. The van der Waals surface area contributed by atoms with E-state index in [1.807, 2.05) is 13.8 Å². The third-order valence-corrected chi connectivity index (χ3v) is 2.63. The molecule has 1 rings (SSSR count). The molecule has 6 nitrogen and oxygen atoms in total. The Kier molecular flexibility index (Phi) is 6.24. The van der Waals surface area contributed by atoms with Gasteiger partial charge >= 0.3 is 6.03 Å². The molecule has 0 aliphatic rings. The standard InChI is InChI=1S/C13H19ClN4O2/c1-8(2)16-11(19)7-9(3)17-13(20)18-10-5-4-6-15-12(10)14/h4-6,8-9H,7H2,1-3H3,(H,16,19)(H2,17,18,20)/t9-/m1/s1. The second-order valence-electron chi connectivity index (χ2n) is 4.77. The van der Waals surface area contributed by atoms with E-state index >= 15 is 0 Å². The molecule has 0 spiro atoms. The zero-order valence-electron chi connectivity index (χ0n) is 11.7. The number of halogens is 1. The molecule has 20 heavy (non-hydrogen) atoms. The molecule has 0 aromatic carbocycles. The number of carbonyl (C=O) groups excluding carboxylic acids is 2. The maximum atomic E-state index is 11.7. The Morgan fingerprint density at radius 1 is 1.30 bits per heavy atom. The van der Waals surface area contributed by atoms with Gasteiger partial charge in [0.15, 0.2) is 5.15 Å². The van der Waals surface area contributed by atoms with Crippen LogP contribution in [-0.2, 0) is 4.79 Å². The van der Waals surface area contributed by atoms with Gasteiger partial charge in [0.1, 0.15) is 0 Å². The molecule has 0 aliphatic heterocycles. The number of anilines is 1. The Balaban J connectivity index is 2.42. The molecule has 1 heterocycles. The second-order valence-corrected chi connectivity index (χ2v) is 5.13. The van der Waals surface area contributed by atoms with Crippen LogP contribution in [0.1, 0.15) is 27.2 Å². The molecule has 0 unspecified atom stereocenters. The highest BCUT2D eigenvalue weighted by Crippen LogP contribution is 2.16. The molecule has 0 radical (unpaired) electrons. The van der Waals surface area contributed by atoms with E-state index < -0.39 is 6.03 Å². The van der Waals surface area contributed by atoms with Crippen LogP contribution < -0.4 is 16.0 Å². The number of hydrogen-bond acceptors (Lipinski definition) is 3. The topological polar surface area (TPSA) is 83.1 Å². The van der Waals surface area contributed by atoms with Gasteiger partial charge in [-0.05, 0) is 32.9 Å². The van der Waals surface area contributed by atoms with Crippen molar-refractivity contribution in [3.05, 3.63) is 23.5 Å². The minimum Gasteiger partial charge on any atom is -0.354 e. The van der Waals surface area contributed by atoms with Gasteiger partial charge in [-0.3, -0.25) is 4.79 Å². The molecule has 1 aromatic rings. The fourth-order valence-corrected chi connectivity index (χ4v) is 1.74. The summed E-state index contributed by atoms with van der Waals surface area (Å²) in [6, 6.07) is 2.68. The molecular weight excluding hydrogens is 280 g/mol. The number of nitrogens with one attached hydrogen (secondary N) is 3. The first-order valence-corrected chi connectivity index (χ1v) is 6.73. The van der Waals surface area contributed by atoms with Crippen molar-refractivity contribution in [1.82, 2.24) is 15.6 Å². The van der Waals surface area contributed by atoms with E-state index in [9.17, 15) is 9.59 Å². The predicted molar refractivity (Wildman–Crippen MR) is 78.8 cm³/mol. The van der Waals surface area contributed by atoms with E-state index in [1.54, 1.807) is 19.1 Å². The fourth-order valence-electron chi connectivity index (χ4n) is 1.57. The molecule has 1 aromatic heterocycles. The van der Waals surface area contributed by atoms with Gasteiger partial charge in [0.05, 0.1) is 5.69 Å². The molecule has 3 amide bonds. The van der Waals surface area contributed by atoms with Gasteiger partial charge in [-0.1, -0.05) is 11.6 Å². The maximum Gasteiger partial charge on any atom is 0.319 e. The third-order valence-electron chi connectivity index (χ3n) is 2.33. The summed E-state index contributed by atoms with van der Waals surface area (Å²) >= 11 is 5.83. The van der Waals surface area contributed by atoms with Crippen LogP contribution in [0.25, 0.3) is 0 Å². The summed E-state index contributed by atoms with van der Waals surface area (Å²) in [5.74, 6) is -0.104. The van der Waals surface area contributed by atoms with Crippen LogP contribution in [0.3, 0.4) is 0 Å². The van der Waals surface area contributed by atoms with Gasteiger partial charge in [0.2, 0.25) is 5.91 Å². The Labute approximate surface area is 123 Å². The molecule has 3 N–H and O–H groups in total. The minimum absolute atomic E-state index is 0.0812. The highest BCUT2D eigenvalue weighted by molar-refractivity contribution is 6.32. The Morgan fingerprint density at radius 2 is 2.00 bits per heavy atom. The van der Waals surface area contributed by atoms with Crippen molar-refractivity contribution in [2.45, 2.75) is 39.3 Å². The number of hydrogen-bond donors (Lipinski definition) is 3. The lowest BCUT2D eigenvalue weighted by atomic mass is 10.2. The van der Waals surface area contributed by atoms with Gasteiger partial charge in [0.25, 0.3) is 0 Å². The largest absolute Gasteiger partial charge is 0.354 e. The van der Waals surface area contributed by atoms with Crippen molar-refractivity contribution in [2.24, 2.45) is 0 Å².